The van der Waals surface area contributed by atoms with Crippen molar-refractivity contribution in [2.75, 3.05) is 24.6 Å². The van der Waals surface area contributed by atoms with Crippen molar-refractivity contribution in [2.24, 2.45) is 5.92 Å². The van der Waals surface area contributed by atoms with Crippen LogP contribution < -0.4 is 0 Å². The summed E-state index contributed by atoms with van der Waals surface area (Å²) in [7, 11) is -2.83. The average Bonchev–Trinajstić information content (AvgIpc) is 2.35. The first kappa shape index (κ1) is 14.0. The van der Waals surface area contributed by atoms with Gasteiger partial charge in [-0.15, -0.1) is 0 Å². The van der Waals surface area contributed by atoms with Crippen LogP contribution in [0, 0.1) is 5.92 Å². The van der Waals surface area contributed by atoms with Gasteiger partial charge in [0.1, 0.15) is 0 Å². The van der Waals surface area contributed by atoms with E-state index in [0.29, 0.717) is 24.0 Å². The van der Waals surface area contributed by atoms with Gasteiger partial charge in [0, 0.05) is 24.4 Å². The minimum absolute atomic E-state index is 0.168. The van der Waals surface area contributed by atoms with E-state index in [1.165, 1.54) is 6.42 Å². The number of sulfone groups is 1. The lowest BCUT2D eigenvalue weighted by molar-refractivity contribution is 0.185. The van der Waals surface area contributed by atoms with Gasteiger partial charge in [-0.2, -0.15) is 0 Å². The molecule has 0 radical (unpaired) electrons. The summed E-state index contributed by atoms with van der Waals surface area (Å²) in [6.45, 7) is 10.3. The number of hydrogen-bond acceptors (Lipinski definition) is 3. The molecule has 0 N–H and O–H groups in total. The van der Waals surface area contributed by atoms with Gasteiger partial charge in [0.25, 0.3) is 0 Å². The van der Waals surface area contributed by atoms with Crippen LogP contribution >= 0.6 is 0 Å². The van der Waals surface area contributed by atoms with E-state index in [2.05, 4.69) is 25.7 Å². The molecule has 96 valence electrons. The van der Waals surface area contributed by atoms with E-state index in [0.717, 1.165) is 13.0 Å². The molecule has 0 amide bonds. The van der Waals surface area contributed by atoms with E-state index < -0.39 is 9.84 Å². The van der Waals surface area contributed by atoms with Crippen LogP contribution in [0.4, 0.5) is 0 Å². The third kappa shape index (κ3) is 3.74. The van der Waals surface area contributed by atoms with Crippen LogP contribution in [0.25, 0.3) is 0 Å². The first-order valence-corrected chi connectivity index (χ1v) is 8.04. The van der Waals surface area contributed by atoms with Gasteiger partial charge in [0.05, 0.1) is 5.75 Å². The molecular weight excluding hydrogens is 222 g/mol. The second-order valence-electron chi connectivity index (χ2n) is 5.72. The molecule has 1 rings (SSSR count). The van der Waals surface area contributed by atoms with Gasteiger partial charge in [0.15, 0.2) is 9.84 Å². The van der Waals surface area contributed by atoms with Gasteiger partial charge in [-0.05, 0) is 32.6 Å². The summed E-state index contributed by atoms with van der Waals surface area (Å²) in [4.78, 5) is 2.32. The highest BCUT2D eigenvalue weighted by Gasteiger charge is 2.36. The summed E-state index contributed by atoms with van der Waals surface area (Å²) in [6, 6.07) is 0. The van der Waals surface area contributed by atoms with Crippen molar-refractivity contribution in [3.8, 4) is 0 Å². The summed E-state index contributed by atoms with van der Waals surface area (Å²) < 4.78 is 23.3. The Hall–Kier alpha value is -0.0900. The van der Waals surface area contributed by atoms with Crippen molar-refractivity contribution in [3.63, 3.8) is 0 Å². The smallest absolute Gasteiger partial charge is 0.151 e. The Labute approximate surface area is 100 Å². The maximum atomic E-state index is 11.7. The van der Waals surface area contributed by atoms with E-state index in [1.807, 2.05) is 6.92 Å². The van der Waals surface area contributed by atoms with Crippen molar-refractivity contribution >= 4 is 9.84 Å². The molecule has 1 heterocycles. The minimum Gasteiger partial charge on any atom is -0.297 e. The summed E-state index contributed by atoms with van der Waals surface area (Å²) in [5.74, 6) is 1.33. The molecule has 1 aliphatic rings. The number of nitrogens with zero attached hydrogens (tertiary/aromatic N) is 1. The molecule has 0 unspecified atom stereocenters. The van der Waals surface area contributed by atoms with Crippen LogP contribution in [0.3, 0.4) is 0 Å². The molecule has 16 heavy (non-hydrogen) atoms. The normalized spacial score (nSPS) is 26.1. The molecule has 0 aromatic carbocycles. The highest BCUT2D eigenvalue weighted by atomic mass is 32.2. The highest BCUT2D eigenvalue weighted by Crippen LogP contribution is 2.31. The molecular formula is C12H25NO2S. The minimum atomic E-state index is -2.83. The third-order valence-electron chi connectivity index (χ3n) is 3.42. The topological polar surface area (TPSA) is 37.4 Å². The Balaban J connectivity index is 2.50. The Morgan fingerprint density at radius 1 is 1.31 bits per heavy atom. The second-order valence-corrected chi connectivity index (χ2v) is 8.02. The van der Waals surface area contributed by atoms with E-state index in [4.69, 9.17) is 0 Å². The lowest BCUT2D eigenvalue weighted by Crippen LogP contribution is -2.41. The predicted octanol–water partition coefficient (Wildman–Crippen LogP) is 1.93. The van der Waals surface area contributed by atoms with E-state index in [9.17, 15) is 8.42 Å². The molecule has 0 saturated carbocycles. The zero-order chi connectivity index (χ0) is 12.4. The summed E-state index contributed by atoms with van der Waals surface area (Å²) in [6.07, 6.45) is 1.89. The Bertz CT molecular complexity index is 322. The van der Waals surface area contributed by atoms with Crippen LogP contribution in [0.15, 0.2) is 0 Å². The fourth-order valence-corrected chi connectivity index (χ4v) is 4.05. The molecule has 0 aliphatic carbocycles. The number of hydrogen-bond donors (Lipinski definition) is 0. The monoisotopic (exact) mass is 247 g/mol. The summed E-state index contributed by atoms with van der Waals surface area (Å²) in [5, 5.41) is 0. The van der Waals surface area contributed by atoms with E-state index in [1.54, 1.807) is 0 Å². The number of likely N-dealkylation sites (tertiary alicyclic amines) is 1. The molecule has 0 aromatic heterocycles. The third-order valence-corrected chi connectivity index (χ3v) is 5.26. The van der Waals surface area contributed by atoms with E-state index >= 15 is 0 Å². The fraction of sp³-hybridized carbons (Fsp3) is 1.00. The molecule has 3 nitrogen and oxygen atoms in total. The molecule has 1 aliphatic heterocycles. The molecule has 1 fully saturated rings. The quantitative estimate of drug-likeness (QED) is 0.745. The van der Waals surface area contributed by atoms with Crippen molar-refractivity contribution in [3.05, 3.63) is 0 Å². The van der Waals surface area contributed by atoms with Crippen molar-refractivity contribution in [1.82, 2.24) is 4.90 Å². The maximum absolute atomic E-state index is 11.7. The number of rotatable bonds is 5. The predicted molar refractivity (Wildman–Crippen MR) is 68.4 cm³/mol. The molecule has 0 aromatic rings. The Kier molecular flexibility index (Phi) is 4.41. The SMILES string of the molecule is CCCS(=O)(=O)CCN1C[C@H](C)CC1(C)C. The van der Waals surface area contributed by atoms with Gasteiger partial charge in [0.2, 0.25) is 0 Å². The molecule has 0 bridgehead atoms. The van der Waals surface area contributed by atoms with Crippen molar-refractivity contribution in [2.45, 2.75) is 46.1 Å². The summed E-state index contributed by atoms with van der Waals surface area (Å²) in [5.41, 5.74) is 0.168. The lowest BCUT2D eigenvalue weighted by atomic mass is 9.98. The van der Waals surface area contributed by atoms with Gasteiger partial charge in [-0.3, -0.25) is 4.90 Å². The van der Waals surface area contributed by atoms with Crippen molar-refractivity contribution < 1.29 is 8.42 Å². The standard InChI is InChI=1S/C12H25NO2S/c1-5-7-16(14,15)8-6-13-10-11(2)9-12(13,3)4/h11H,5-10H2,1-4H3/t11-/m1/s1. The molecule has 0 spiro atoms. The molecule has 4 heteroatoms. The average molecular weight is 247 g/mol. The second kappa shape index (κ2) is 5.05. The summed E-state index contributed by atoms with van der Waals surface area (Å²) >= 11 is 0. The largest absolute Gasteiger partial charge is 0.297 e. The maximum Gasteiger partial charge on any atom is 0.151 e. The highest BCUT2D eigenvalue weighted by molar-refractivity contribution is 7.91. The molecule has 1 saturated heterocycles. The Morgan fingerprint density at radius 3 is 2.38 bits per heavy atom. The van der Waals surface area contributed by atoms with Gasteiger partial charge in [-0.1, -0.05) is 13.8 Å². The van der Waals surface area contributed by atoms with Gasteiger partial charge >= 0.3 is 0 Å². The fourth-order valence-electron chi connectivity index (χ4n) is 2.73. The first-order valence-electron chi connectivity index (χ1n) is 6.22. The first-order chi connectivity index (χ1) is 7.27. The molecule has 1 atom stereocenters. The van der Waals surface area contributed by atoms with Gasteiger partial charge < -0.3 is 0 Å². The van der Waals surface area contributed by atoms with Crippen LogP contribution in [0.5, 0.6) is 0 Å². The zero-order valence-corrected chi connectivity index (χ0v) is 11.8. The van der Waals surface area contributed by atoms with Crippen molar-refractivity contribution in [1.29, 1.82) is 0 Å². The van der Waals surface area contributed by atoms with Crippen LogP contribution in [0.1, 0.15) is 40.5 Å². The lowest BCUT2D eigenvalue weighted by Gasteiger charge is -2.31. The van der Waals surface area contributed by atoms with Crippen LogP contribution in [-0.2, 0) is 9.84 Å². The van der Waals surface area contributed by atoms with E-state index in [-0.39, 0.29) is 5.54 Å². The van der Waals surface area contributed by atoms with Gasteiger partial charge in [-0.25, -0.2) is 8.42 Å². The van der Waals surface area contributed by atoms with Crippen LogP contribution in [0.2, 0.25) is 0 Å². The zero-order valence-electron chi connectivity index (χ0n) is 11.0. The Morgan fingerprint density at radius 2 is 1.94 bits per heavy atom. The van der Waals surface area contributed by atoms with Crippen LogP contribution in [-0.4, -0.2) is 43.5 Å².